The first-order valence-electron chi connectivity index (χ1n) is 5.17. The van der Waals surface area contributed by atoms with Crippen molar-refractivity contribution in [2.75, 3.05) is 0 Å². The van der Waals surface area contributed by atoms with E-state index in [1.54, 1.807) is 0 Å². The van der Waals surface area contributed by atoms with Crippen LogP contribution >= 0.6 is 15.9 Å². The molecular weight excluding hydrogens is 242 g/mol. The Hall–Kier alpha value is -0.380. The average Bonchev–Trinajstić information content (AvgIpc) is 2.53. The lowest BCUT2D eigenvalue weighted by atomic mass is 10.1. The Morgan fingerprint density at radius 2 is 2.21 bits per heavy atom. The van der Waals surface area contributed by atoms with Gasteiger partial charge in [-0.25, -0.2) is 0 Å². The summed E-state index contributed by atoms with van der Waals surface area (Å²) in [5, 5.41) is 8.19. The molecular formula is C10H18BrN3. The van der Waals surface area contributed by atoms with E-state index in [0.717, 1.165) is 12.2 Å². The van der Waals surface area contributed by atoms with Gasteiger partial charge in [0.05, 0.1) is 10.5 Å². The fraction of sp³-hybridized carbons (Fsp3) is 0.800. The Morgan fingerprint density at radius 1 is 1.50 bits per heavy atom. The van der Waals surface area contributed by atoms with E-state index in [1.807, 2.05) is 10.9 Å². The zero-order valence-corrected chi connectivity index (χ0v) is 10.7. The topological polar surface area (TPSA) is 30.7 Å². The summed E-state index contributed by atoms with van der Waals surface area (Å²) in [4.78, 5) is 0.290. The zero-order valence-electron chi connectivity index (χ0n) is 9.07. The van der Waals surface area contributed by atoms with E-state index in [-0.39, 0.29) is 4.83 Å². The quantitative estimate of drug-likeness (QED) is 0.761. The van der Waals surface area contributed by atoms with Crippen molar-refractivity contribution in [3.63, 3.8) is 0 Å². The van der Waals surface area contributed by atoms with E-state index in [4.69, 9.17) is 0 Å². The summed E-state index contributed by atoms with van der Waals surface area (Å²) >= 11 is 3.48. The molecule has 0 spiro atoms. The molecule has 1 aromatic rings. The first-order valence-corrected chi connectivity index (χ1v) is 6.09. The summed E-state index contributed by atoms with van der Waals surface area (Å²) in [5.41, 5.74) is 1.01. The maximum Gasteiger partial charge on any atom is 0.0960 e. The van der Waals surface area contributed by atoms with Gasteiger partial charge in [0.25, 0.3) is 0 Å². The summed E-state index contributed by atoms with van der Waals surface area (Å²) in [5.74, 6) is 0.681. The average molecular weight is 260 g/mol. The van der Waals surface area contributed by atoms with Gasteiger partial charge >= 0.3 is 0 Å². The lowest BCUT2D eigenvalue weighted by Crippen LogP contribution is -2.07. The third kappa shape index (κ3) is 3.40. The molecule has 0 N–H and O–H groups in total. The van der Waals surface area contributed by atoms with Crippen molar-refractivity contribution in [3.05, 3.63) is 11.9 Å². The monoisotopic (exact) mass is 259 g/mol. The molecule has 14 heavy (non-hydrogen) atoms. The number of alkyl halides is 1. The Kier molecular flexibility index (Phi) is 4.58. The van der Waals surface area contributed by atoms with Gasteiger partial charge in [-0.15, -0.1) is 5.10 Å². The number of hydrogen-bond donors (Lipinski definition) is 0. The number of halogens is 1. The van der Waals surface area contributed by atoms with E-state index in [1.165, 1.54) is 12.8 Å². The van der Waals surface area contributed by atoms with Crippen molar-refractivity contribution in [1.82, 2.24) is 15.0 Å². The Bertz CT molecular complexity index is 270. The molecule has 1 aromatic heterocycles. The first kappa shape index (κ1) is 11.7. The van der Waals surface area contributed by atoms with E-state index in [2.05, 4.69) is 47.0 Å². The maximum atomic E-state index is 4.10. The van der Waals surface area contributed by atoms with E-state index in [9.17, 15) is 0 Å². The summed E-state index contributed by atoms with van der Waals surface area (Å²) in [6.45, 7) is 7.50. The summed E-state index contributed by atoms with van der Waals surface area (Å²) in [6.07, 6.45) is 4.50. The van der Waals surface area contributed by atoms with Gasteiger partial charge in [0.2, 0.25) is 0 Å². The molecule has 3 nitrogen and oxygen atoms in total. The van der Waals surface area contributed by atoms with Gasteiger partial charge in [-0.3, -0.25) is 4.68 Å². The van der Waals surface area contributed by atoms with Gasteiger partial charge in [-0.2, -0.15) is 0 Å². The minimum Gasteiger partial charge on any atom is -0.252 e. The van der Waals surface area contributed by atoms with Crippen LogP contribution in [0.15, 0.2) is 6.20 Å². The highest BCUT2D eigenvalue weighted by Crippen LogP contribution is 2.18. The van der Waals surface area contributed by atoms with Crippen LogP contribution < -0.4 is 0 Å². The van der Waals surface area contributed by atoms with Crippen LogP contribution in [0.2, 0.25) is 0 Å². The molecule has 1 rings (SSSR count). The zero-order chi connectivity index (χ0) is 10.6. The van der Waals surface area contributed by atoms with Gasteiger partial charge in [-0.05, 0) is 19.3 Å². The van der Waals surface area contributed by atoms with Crippen LogP contribution in [0.3, 0.4) is 0 Å². The lowest BCUT2D eigenvalue weighted by molar-refractivity contribution is 0.414. The molecule has 0 saturated carbocycles. The summed E-state index contributed by atoms with van der Waals surface area (Å²) in [7, 11) is 0. The highest BCUT2D eigenvalue weighted by atomic mass is 79.9. The van der Waals surface area contributed by atoms with Crippen molar-refractivity contribution in [1.29, 1.82) is 0 Å². The van der Waals surface area contributed by atoms with Crippen molar-refractivity contribution >= 4 is 15.9 Å². The predicted molar refractivity (Wildman–Crippen MR) is 61.4 cm³/mol. The van der Waals surface area contributed by atoms with Crippen LogP contribution in [0.4, 0.5) is 0 Å². The first-order chi connectivity index (χ1) is 6.63. The van der Waals surface area contributed by atoms with Gasteiger partial charge < -0.3 is 0 Å². The molecule has 0 fully saturated rings. The fourth-order valence-electron chi connectivity index (χ4n) is 1.49. The van der Waals surface area contributed by atoms with Gasteiger partial charge in [0.15, 0.2) is 0 Å². The van der Waals surface area contributed by atoms with E-state index >= 15 is 0 Å². The van der Waals surface area contributed by atoms with Crippen LogP contribution in [-0.4, -0.2) is 15.0 Å². The number of nitrogens with zero attached hydrogens (tertiary/aromatic N) is 3. The molecule has 0 aliphatic carbocycles. The maximum absolute atomic E-state index is 4.10. The Balaban J connectivity index is 2.51. The van der Waals surface area contributed by atoms with E-state index < -0.39 is 0 Å². The normalized spacial score (nSPS) is 15.4. The minimum absolute atomic E-state index is 0.290. The number of aromatic nitrogens is 3. The molecule has 2 atom stereocenters. The van der Waals surface area contributed by atoms with Crippen LogP contribution in [0.5, 0.6) is 0 Å². The van der Waals surface area contributed by atoms with Crippen molar-refractivity contribution in [2.24, 2.45) is 5.92 Å². The van der Waals surface area contributed by atoms with Gasteiger partial charge in [0, 0.05) is 12.7 Å². The van der Waals surface area contributed by atoms with Crippen LogP contribution in [0.1, 0.15) is 44.1 Å². The standard InChI is InChI=1S/C10H18BrN3/c1-4-5-8(2)6-14-7-10(9(3)11)12-13-14/h7-9H,4-6H2,1-3H3. The van der Waals surface area contributed by atoms with Gasteiger partial charge in [0.1, 0.15) is 0 Å². The lowest BCUT2D eigenvalue weighted by Gasteiger charge is -2.08. The smallest absolute Gasteiger partial charge is 0.0960 e. The number of hydrogen-bond acceptors (Lipinski definition) is 2. The molecule has 80 valence electrons. The highest BCUT2D eigenvalue weighted by molar-refractivity contribution is 9.09. The molecule has 0 amide bonds. The van der Waals surface area contributed by atoms with Crippen molar-refractivity contribution < 1.29 is 0 Å². The number of rotatable bonds is 5. The third-order valence-corrected chi connectivity index (χ3v) is 2.71. The second kappa shape index (κ2) is 5.49. The largest absolute Gasteiger partial charge is 0.252 e. The molecule has 0 aliphatic heterocycles. The molecule has 2 unspecified atom stereocenters. The molecule has 0 bridgehead atoms. The fourth-order valence-corrected chi connectivity index (χ4v) is 1.70. The van der Waals surface area contributed by atoms with Gasteiger partial charge in [-0.1, -0.05) is 41.4 Å². The third-order valence-electron chi connectivity index (χ3n) is 2.24. The molecule has 1 heterocycles. The second-order valence-corrected chi connectivity index (χ2v) is 5.25. The SMILES string of the molecule is CCCC(C)Cn1cc(C(C)Br)nn1. The Labute approximate surface area is 94.0 Å². The highest BCUT2D eigenvalue weighted by Gasteiger charge is 2.08. The molecule has 0 radical (unpaired) electrons. The molecule has 0 saturated heterocycles. The van der Waals surface area contributed by atoms with Crippen LogP contribution in [-0.2, 0) is 6.54 Å². The molecule has 0 aromatic carbocycles. The summed E-state index contributed by atoms with van der Waals surface area (Å²) in [6, 6.07) is 0. The van der Waals surface area contributed by atoms with Crippen molar-refractivity contribution in [2.45, 2.75) is 45.0 Å². The minimum atomic E-state index is 0.290. The summed E-state index contributed by atoms with van der Waals surface area (Å²) < 4.78 is 1.94. The van der Waals surface area contributed by atoms with Crippen LogP contribution in [0.25, 0.3) is 0 Å². The predicted octanol–water partition coefficient (Wildman–Crippen LogP) is 3.17. The van der Waals surface area contributed by atoms with Crippen molar-refractivity contribution in [3.8, 4) is 0 Å². The van der Waals surface area contributed by atoms with E-state index in [0.29, 0.717) is 5.92 Å². The molecule has 4 heteroatoms. The van der Waals surface area contributed by atoms with Crippen LogP contribution in [0, 0.1) is 5.92 Å². The molecule has 0 aliphatic rings. The Morgan fingerprint density at radius 3 is 2.71 bits per heavy atom. The second-order valence-electron chi connectivity index (χ2n) is 3.88.